The summed E-state index contributed by atoms with van der Waals surface area (Å²) in [7, 11) is 1.69. The van der Waals surface area contributed by atoms with Crippen molar-refractivity contribution in [2.45, 2.75) is 13.3 Å². The third-order valence-electron chi connectivity index (χ3n) is 2.69. The monoisotopic (exact) mass is 261 g/mol. The van der Waals surface area contributed by atoms with Crippen LogP contribution in [0.4, 0.5) is 5.69 Å². The lowest BCUT2D eigenvalue weighted by Crippen LogP contribution is -2.31. The molecule has 5 heteroatoms. The fourth-order valence-electron chi connectivity index (χ4n) is 1.60. The van der Waals surface area contributed by atoms with Crippen LogP contribution in [0, 0.1) is 17.2 Å². The Balaban J connectivity index is 2.35. The maximum atomic E-state index is 11.8. The molecule has 2 N–H and O–H groups in total. The van der Waals surface area contributed by atoms with Crippen molar-refractivity contribution < 1.29 is 9.53 Å². The normalized spacial score (nSPS) is 11.4. The van der Waals surface area contributed by atoms with Crippen LogP contribution in [0.15, 0.2) is 24.3 Å². The minimum Gasteiger partial charge on any atom is -0.491 e. The molecule has 0 heterocycles. The van der Waals surface area contributed by atoms with Gasteiger partial charge in [0.05, 0.1) is 30.7 Å². The summed E-state index contributed by atoms with van der Waals surface area (Å²) >= 11 is 0. The zero-order valence-corrected chi connectivity index (χ0v) is 11.3. The van der Waals surface area contributed by atoms with Crippen LogP contribution in [-0.2, 0) is 4.79 Å². The number of benzene rings is 1. The lowest BCUT2D eigenvalue weighted by Gasteiger charge is -2.18. The molecule has 1 aromatic rings. The molecule has 0 saturated carbocycles. The molecule has 0 bridgehead atoms. The minimum atomic E-state index is -0.167. The molecule has 0 aromatic heterocycles. The van der Waals surface area contributed by atoms with Gasteiger partial charge in [-0.05, 0) is 19.1 Å². The molecule has 1 atom stereocenters. The maximum Gasteiger partial charge on any atom is 0.225 e. The molecule has 1 aromatic carbocycles. The number of ether oxygens (including phenoxy) is 1. The zero-order chi connectivity index (χ0) is 14.3. The standard InChI is InChI=1S/C14H19N3O2/c1-11(9-15)10-17(2)14(18)7-8-19-13-6-4-3-5-12(13)16/h3-6,11H,7-8,10,16H2,1-2H3. The molecular weight excluding hydrogens is 242 g/mol. The second kappa shape index (κ2) is 7.27. The molecule has 0 fully saturated rings. The molecule has 0 aliphatic carbocycles. The third-order valence-corrected chi connectivity index (χ3v) is 2.69. The van der Waals surface area contributed by atoms with Gasteiger partial charge in [-0.25, -0.2) is 0 Å². The first-order valence-corrected chi connectivity index (χ1v) is 6.15. The highest BCUT2D eigenvalue weighted by Gasteiger charge is 2.12. The van der Waals surface area contributed by atoms with E-state index in [4.69, 9.17) is 15.7 Å². The van der Waals surface area contributed by atoms with E-state index in [2.05, 4.69) is 6.07 Å². The van der Waals surface area contributed by atoms with Gasteiger partial charge in [0, 0.05) is 13.6 Å². The molecule has 1 unspecified atom stereocenters. The number of anilines is 1. The summed E-state index contributed by atoms with van der Waals surface area (Å²) in [5.74, 6) is 0.375. The van der Waals surface area contributed by atoms with Gasteiger partial charge in [0.1, 0.15) is 5.75 Å². The lowest BCUT2D eigenvalue weighted by molar-refractivity contribution is -0.130. The van der Waals surface area contributed by atoms with Crippen LogP contribution >= 0.6 is 0 Å². The summed E-state index contributed by atoms with van der Waals surface area (Å²) in [5, 5.41) is 8.69. The van der Waals surface area contributed by atoms with Crippen molar-refractivity contribution in [3.63, 3.8) is 0 Å². The number of hydrogen-bond acceptors (Lipinski definition) is 4. The molecule has 0 aliphatic rings. The molecule has 0 aliphatic heterocycles. The molecule has 0 radical (unpaired) electrons. The van der Waals surface area contributed by atoms with E-state index in [-0.39, 0.29) is 24.9 Å². The lowest BCUT2D eigenvalue weighted by atomic mass is 10.2. The van der Waals surface area contributed by atoms with Crippen molar-refractivity contribution >= 4 is 11.6 Å². The number of nitrogen functional groups attached to an aromatic ring is 1. The molecule has 102 valence electrons. The fourth-order valence-corrected chi connectivity index (χ4v) is 1.60. The molecule has 19 heavy (non-hydrogen) atoms. The second-order valence-corrected chi connectivity index (χ2v) is 4.44. The molecule has 1 rings (SSSR count). The number of amides is 1. The van der Waals surface area contributed by atoms with Crippen molar-refractivity contribution in [1.29, 1.82) is 5.26 Å². The number of para-hydroxylation sites is 2. The number of nitrogens with two attached hydrogens (primary N) is 1. The van der Waals surface area contributed by atoms with Gasteiger partial charge >= 0.3 is 0 Å². The Morgan fingerprint density at radius 3 is 2.84 bits per heavy atom. The number of rotatable bonds is 6. The first-order chi connectivity index (χ1) is 9.04. The predicted octanol–water partition coefficient (Wildman–Crippen LogP) is 1.66. The van der Waals surface area contributed by atoms with Crippen molar-refractivity contribution in [1.82, 2.24) is 4.90 Å². The first-order valence-electron chi connectivity index (χ1n) is 6.15. The summed E-state index contributed by atoms with van der Waals surface area (Å²) < 4.78 is 5.45. The summed E-state index contributed by atoms with van der Waals surface area (Å²) in [6, 6.07) is 9.26. The Kier molecular flexibility index (Phi) is 5.68. The summed E-state index contributed by atoms with van der Waals surface area (Å²) in [6.45, 7) is 2.49. The number of hydrogen-bond donors (Lipinski definition) is 1. The summed E-state index contributed by atoms with van der Waals surface area (Å²) in [4.78, 5) is 13.3. The Morgan fingerprint density at radius 1 is 1.53 bits per heavy atom. The van der Waals surface area contributed by atoms with E-state index in [1.54, 1.807) is 31.0 Å². The van der Waals surface area contributed by atoms with Crippen molar-refractivity contribution in [3.8, 4) is 11.8 Å². The Bertz CT molecular complexity index is 468. The molecule has 1 amide bonds. The van der Waals surface area contributed by atoms with Gasteiger partial charge in [0.2, 0.25) is 5.91 Å². The second-order valence-electron chi connectivity index (χ2n) is 4.44. The van der Waals surface area contributed by atoms with Gasteiger partial charge < -0.3 is 15.4 Å². The van der Waals surface area contributed by atoms with E-state index < -0.39 is 0 Å². The zero-order valence-electron chi connectivity index (χ0n) is 11.3. The van der Waals surface area contributed by atoms with E-state index >= 15 is 0 Å². The van der Waals surface area contributed by atoms with Gasteiger partial charge in [-0.15, -0.1) is 0 Å². The van der Waals surface area contributed by atoms with Crippen LogP contribution in [0.2, 0.25) is 0 Å². The van der Waals surface area contributed by atoms with Crippen molar-refractivity contribution in [2.75, 3.05) is 25.9 Å². The minimum absolute atomic E-state index is 0.0448. The van der Waals surface area contributed by atoms with Crippen LogP contribution in [0.5, 0.6) is 5.75 Å². The number of carbonyl (C=O) groups is 1. The summed E-state index contributed by atoms with van der Waals surface area (Å²) in [6.07, 6.45) is 0.267. The summed E-state index contributed by atoms with van der Waals surface area (Å²) in [5.41, 5.74) is 6.28. The number of nitrogens with zero attached hydrogens (tertiary/aromatic N) is 2. The topological polar surface area (TPSA) is 79.3 Å². The average molecular weight is 261 g/mol. The largest absolute Gasteiger partial charge is 0.491 e. The Hall–Kier alpha value is -2.22. The van der Waals surface area contributed by atoms with Gasteiger partial charge in [-0.3, -0.25) is 4.79 Å². The molecular formula is C14H19N3O2. The molecule has 0 spiro atoms. The van der Waals surface area contributed by atoms with E-state index in [0.29, 0.717) is 18.0 Å². The predicted molar refractivity (Wildman–Crippen MR) is 73.4 cm³/mol. The van der Waals surface area contributed by atoms with Crippen molar-refractivity contribution in [2.24, 2.45) is 5.92 Å². The van der Waals surface area contributed by atoms with E-state index in [9.17, 15) is 4.79 Å². The van der Waals surface area contributed by atoms with E-state index in [0.717, 1.165) is 0 Å². The van der Waals surface area contributed by atoms with E-state index in [1.165, 1.54) is 0 Å². The molecule has 5 nitrogen and oxygen atoms in total. The highest BCUT2D eigenvalue weighted by molar-refractivity contribution is 5.76. The van der Waals surface area contributed by atoms with Crippen LogP contribution in [0.3, 0.4) is 0 Å². The quantitative estimate of drug-likeness (QED) is 0.790. The highest BCUT2D eigenvalue weighted by atomic mass is 16.5. The first kappa shape index (κ1) is 14.8. The van der Waals surface area contributed by atoms with Gasteiger partial charge in [-0.2, -0.15) is 5.26 Å². The maximum absolute atomic E-state index is 11.8. The van der Waals surface area contributed by atoms with Crippen LogP contribution in [0.25, 0.3) is 0 Å². The average Bonchev–Trinajstić information content (AvgIpc) is 2.40. The third kappa shape index (κ3) is 4.88. The number of nitriles is 1. The van der Waals surface area contributed by atoms with Crippen molar-refractivity contribution in [3.05, 3.63) is 24.3 Å². The van der Waals surface area contributed by atoms with Gasteiger partial charge in [-0.1, -0.05) is 12.1 Å². The Labute approximate surface area is 113 Å². The smallest absolute Gasteiger partial charge is 0.225 e. The van der Waals surface area contributed by atoms with Crippen LogP contribution in [-0.4, -0.2) is 31.0 Å². The van der Waals surface area contributed by atoms with Gasteiger partial charge in [0.15, 0.2) is 0 Å². The fraction of sp³-hybridized carbons (Fsp3) is 0.429. The van der Waals surface area contributed by atoms with Crippen LogP contribution < -0.4 is 10.5 Å². The highest BCUT2D eigenvalue weighted by Crippen LogP contribution is 2.19. The Morgan fingerprint density at radius 2 is 2.21 bits per heavy atom. The van der Waals surface area contributed by atoms with Crippen LogP contribution in [0.1, 0.15) is 13.3 Å². The van der Waals surface area contributed by atoms with Gasteiger partial charge in [0.25, 0.3) is 0 Å². The number of carbonyl (C=O) groups excluding carboxylic acids is 1. The SMILES string of the molecule is CC(C#N)CN(C)C(=O)CCOc1ccccc1N. The van der Waals surface area contributed by atoms with E-state index in [1.807, 2.05) is 12.1 Å². The molecule has 0 saturated heterocycles.